The first-order valence-corrected chi connectivity index (χ1v) is 11.8. The zero-order chi connectivity index (χ0) is 22.2. The van der Waals surface area contributed by atoms with Gasteiger partial charge in [-0.3, -0.25) is 4.79 Å². The van der Waals surface area contributed by atoms with Crippen molar-refractivity contribution in [3.63, 3.8) is 0 Å². The van der Waals surface area contributed by atoms with Gasteiger partial charge in [-0.05, 0) is 56.0 Å². The number of hydrogen-bond acceptors (Lipinski definition) is 5. The Morgan fingerprint density at radius 2 is 1.94 bits per heavy atom. The first kappa shape index (κ1) is 20.0. The van der Waals surface area contributed by atoms with Crippen LogP contribution in [-0.4, -0.2) is 47.6 Å². The highest BCUT2D eigenvalue weighted by molar-refractivity contribution is 7.21. The van der Waals surface area contributed by atoms with Gasteiger partial charge in [0, 0.05) is 17.6 Å². The number of carbonyl (C=O) groups excluding carboxylic acids is 1. The van der Waals surface area contributed by atoms with Crippen molar-refractivity contribution in [3.8, 4) is 0 Å². The molecule has 2 aromatic heterocycles. The van der Waals surface area contributed by atoms with Crippen LogP contribution in [0, 0.1) is 18.6 Å². The maximum Gasteiger partial charge on any atom is 0.263 e. The first-order valence-electron chi connectivity index (χ1n) is 11.0. The number of nitrogens with zero attached hydrogens (tertiary/aromatic N) is 3. The number of aromatic nitrogens is 1. The molecule has 6 nitrogen and oxygen atoms in total. The van der Waals surface area contributed by atoms with Crippen molar-refractivity contribution in [3.05, 3.63) is 52.0 Å². The van der Waals surface area contributed by atoms with E-state index in [4.69, 9.17) is 5.73 Å². The van der Waals surface area contributed by atoms with Crippen molar-refractivity contribution in [1.82, 2.24) is 19.9 Å². The Balaban J connectivity index is 1.14. The third-order valence-electron chi connectivity index (χ3n) is 7.18. The molecule has 3 fully saturated rings. The van der Waals surface area contributed by atoms with Gasteiger partial charge in [0.25, 0.3) is 5.91 Å². The van der Waals surface area contributed by atoms with Gasteiger partial charge < -0.3 is 11.1 Å². The number of hydrogen-bond donors (Lipinski definition) is 2. The lowest BCUT2D eigenvalue weighted by atomic mass is 10.0. The predicted octanol–water partition coefficient (Wildman–Crippen LogP) is 3.52. The fourth-order valence-corrected chi connectivity index (χ4v) is 6.86. The monoisotopic (exact) mass is 456 g/mol. The van der Waals surface area contributed by atoms with Gasteiger partial charge in [-0.15, -0.1) is 16.3 Å². The minimum atomic E-state index is -0.495. The third kappa shape index (κ3) is 2.74. The van der Waals surface area contributed by atoms with Gasteiger partial charge in [0.1, 0.15) is 34.9 Å². The van der Waals surface area contributed by atoms with E-state index >= 15 is 0 Å². The van der Waals surface area contributed by atoms with Gasteiger partial charge in [0.15, 0.2) is 11.6 Å². The molecule has 0 spiro atoms. The van der Waals surface area contributed by atoms with Crippen LogP contribution in [0.25, 0.3) is 10.2 Å². The van der Waals surface area contributed by atoms with E-state index in [0.29, 0.717) is 39.2 Å². The summed E-state index contributed by atoms with van der Waals surface area (Å²) in [6.45, 7) is 3.73. The van der Waals surface area contributed by atoms with Gasteiger partial charge in [0.05, 0.1) is 5.69 Å². The Labute approximate surface area is 188 Å². The maximum atomic E-state index is 15.0. The zero-order valence-electron chi connectivity index (χ0n) is 17.7. The van der Waals surface area contributed by atoms with Crippen molar-refractivity contribution in [2.24, 2.45) is 0 Å². The molecule has 2 atom stereocenters. The summed E-state index contributed by atoms with van der Waals surface area (Å²) in [5, 5.41) is 5.83. The van der Waals surface area contributed by atoms with Crippen molar-refractivity contribution in [1.29, 1.82) is 0 Å². The minimum Gasteiger partial charge on any atom is -0.397 e. The third-order valence-corrected chi connectivity index (χ3v) is 8.29. The fraction of sp³-hybridized carbons (Fsp3) is 0.391. The summed E-state index contributed by atoms with van der Waals surface area (Å²) in [7, 11) is 0. The molecule has 9 heteroatoms. The molecule has 0 aliphatic carbocycles. The summed E-state index contributed by atoms with van der Waals surface area (Å²) in [5.41, 5.74) is 8.10. The summed E-state index contributed by atoms with van der Waals surface area (Å²) >= 11 is 1.25. The van der Waals surface area contributed by atoms with E-state index in [1.165, 1.54) is 23.5 Å². The van der Waals surface area contributed by atoms with E-state index in [1.54, 1.807) is 0 Å². The van der Waals surface area contributed by atoms with E-state index in [-0.39, 0.29) is 18.1 Å². The molecule has 3 aromatic rings. The number of carbonyl (C=O) groups is 1. The van der Waals surface area contributed by atoms with Crippen molar-refractivity contribution < 1.29 is 13.6 Å². The Morgan fingerprint density at radius 3 is 2.62 bits per heavy atom. The maximum absolute atomic E-state index is 15.0. The van der Waals surface area contributed by atoms with Crippen LogP contribution in [0.5, 0.6) is 0 Å². The van der Waals surface area contributed by atoms with Crippen molar-refractivity contribution in [2.75, 3.05) is 25.4 Å². The Hall–Kier alpha value is -2.62. The lowest BCUT2D eigenvalue weighted by Crippen LogP contribution is -2.88. The molecule has 3 aliphatic rings. The number of nitrogens with two attached hydrogens (primary N) is 1. The molecule has 0 bridgehead atoms. The molecule has 0 radical (unpaired) electrons. The molecular weight excluding hydrogens is 432 g/mol. The summed E-state index contributed by atoms with van der Waals surface area (Å²) in [6.07, 6.45) is 2.59. The number of nitrogen functional groups attached to an aromatic ring is 1. The van der Waals surface area contributed by atoms with Crippen LogP contribution in [-0.2, 0) is 6.42 Å². The first-order chi connectivity index (χ1) is 15.4. The molecule has 2 unspecified atom stereocenters. The van der Waals surface area contributed by atoms with Crippen LogP contribution in [0.4, 0.5) is 20.2 Å². The lowest BCUT2D eigenvalue weighted by molar-refractivity contribution is -0.234. The Bertz CT molecular complexity index is 1240. The van der Waals surface area contributed by atoms with Gasteiger partial charge in [-0.25, -0.2) is 18.4 Å². The molecule has 3 aliphatic heterocycles. The predicted molar refractivity (Wildman–Crippen MR) is 121 cm³/mol. The van der Waals surface area contributed by atoms with Gasteiger partial charge >= 0.3 is 0 Å². The highest BCUT2D eigenvalue weighted by Crippen LogP contribution is 2.53. The number of aryl methyl sites for hydroxylation is 1. The highest BCUT2D eigenvalue weighted by Gasteiger charge is 2.71. The Morgan fingerprint density at radius 1 is 1.25 bits per heavy atom. The number of quaternary nitrogens is 1. The number of nitrogens with one attached hydrogen (secondary N) is 1. The molecule has 0 saturated carbocycles. The zero-order valence-corrected chi connectivity index (χ0v) is 18.5. The van der Waals surface area contributed by atoms with E-state index in [9.17, 15) is 13.6 Å². The number of thiophene rings is 1. The smallest absolute Gasteiger partial charge is 0.263 e. The summed E-state index contributed by atoms with van der Waals surface area (Å²) in [4.78, 5) is 18.2. The molecule has 3 saturated heterocycles. The number of benzene rings is 1. The largest absolute Gasteiger partial charge is 0.397 e. The summed E-state index contributed by atoms with van der Waals surface area (Å²) < 4.78 is 30.3. The van der Waals surface area contributed by atoms with Crippen molar-refractivity contribution in [2.45, 2.75) is 38.3 Å². The van der Waals surface area contributed by atoms with Crippen LogP contribution in [0.15, 0.2) is 24.3 Å². The number of piperazine rings is 1. The Kier molecular flexibility index (Phi) is 4.34. The minimum absolute atomic E-state index is 0.174. The number of rotatable bonds is 5. The molecule has 32 heavy (non-hydrogen) atoms. The molecular formula is C23H24F2N5OS+. The molecule has 5 heterocycles. The number of halogens is 2. The molecule has 3 N–H and O–H groups in total. The number of pyridine rings is 1. The topological polar surface area (TPSA) is 71.2 Å². The number of anilines is 1. The van der Waals surface area contributed by atoms with Gasteiger partial charge in [0.2, 0.25) is 5.69 Å². The standard InChI is InChI=1S/C23H23F2N5OS/c1-12-2-5-16-19(26)21(32-23(16)28-12)22(31)27-7-6-13-8-17(24)20(18(25)9-13)30-10-14-3-4-15(11-30)29(14)30/h2,5,8-9,14-15H,3-4,6-7,10-11H2,1H3,(H2-,26,27,31)/p+1. The van der Waals surface area contributed by atoms with Crippen LogP contribution in [0.2, 0.25) is 0 Å². The number of amides is 1. The summed E-state index contributed by atoms with van der Waals surface area (Å²) in [6, 6.07) is 7.49. The average molecular weight is 457 g/mol. The SMILES string of the molecule is Cc1ccc2c(N)c(C(=O)NCCc3cc(F)c([N+]45CC6CCC(C4)N65)c(F)c3)sc2n1. The average Bonchev–Trinajstić information content (AvgIpc) is 3.09. The molecule has 1 aromatic carbocycles. The second kappa shape index (κ2) is 6.94. The fourth-order valence-electron chi connectivity index (χ4n) is 5.81. The lowest BCUT2D eigenvalue weighted by Gasteiger charge is -2.64. The van der Waals surface area contributed by atoms with Gasteiger partial charge in [-0.1, -0.05) is 0 Å². The highest BCUT2D eigenvalue weighted by atomic mass is 32.1. The van der Waals surface area contributed by atoms with E-state index in [2.05, 4.69) is 15.3 Å². The molecule has 166 valence electrons. The molecule has 1 amide bonds. The second-order valence-corrected chi connectivity index (χ2v) is 10.1. The van der Waals surface area contributed by atoms with E-state index < -0.39 is 11.6 Å². The van der Waals surface area contributed by atoms with Crippen LogP contribution < -0.4 is 15.6 Å². The van der Waals surface area contributed by atoms with Crippen LogP contribution in [0.1, 0.15) is 33.8 Å². The van der Waals surface area contributed by atoms with Gasteiger partial charge in [-0.2, -0.15) is 0 Å². The molecule has 6 rings (SSSR count). The summed E-state index contributed by atoms with van der Waals surface area (Å²) in [5.74, 6) is -1.29. The van der Waals surface area contributed by atoms with Crippen molar-refractivity contribution >= 4 is 38.8 Å². The van der Waals surface area contributed by atoms with E-state index in [1.807, 2.05) is 19.1 Å². The van der Waals surface area contributed by atoms with Crippen LogP contribution >= 0.6 is 11.3 Å². The van der Waals surface area contributed by atoms with E-state index in [0.717, 1.165) is 41.8 Å². The number of fused-ring (bicyclic) bond motifs is 1. The quantitative estimate of drug-likeness (QED) is 0.577. The normalized spacial score (nSPS) is 26.0. The second-order valence-electron chi connectivity index (χ2n) is 9.12. The van der Waals surface area contributed by atoms with Crippen LogP contribution in [0.3, 0.4) is 0 Å².